The van der Waals surface area contributed by atoms with Gasteiger partial charge in [-0.05, 0) is 27.9 Å². The Balaban J connectivity index is 1.72. The highest BCUT2D eigenvalue weighted by atomic mass is 28.4. The Morgan fingerprint density at radius 3 is 2.00 bits per heavy atom. The Bertz CT molecular complexity index is 1300. The van der Waals surface area contributed by atoms with Crippen molar-refractivity contribution in [2.45, 2.75) is 32.4 Å². The highest BCUT2D eigenvalue weighted by molar-refractivity contribution is 7.02. The summed E-state index contributed by atoms with van der Waals surface area (Å²) >= 11 is 0. The van der Waals surface area contributed by atoms with E-state index in [-0.39, 0.29) is 5.04 Å². The van der Waals surface area contributed by atoms with Crippen LogP contribution in [-0.2, 0) is 15.8 Å². The molecule has 170 valence electrons. The first-order chi connectivity index (χ1) is 16.5. The lowest BCUT2D eigenvalue weighted by Gasteiger charge is -2.45. The van der Waals surface area contributed by atoms with Crippen LogP contribution in [0.2, 0.25) is 5.04 Å². The number of fused-ring (bicyclic) bond motifs is 1. The summed E-state index contributed by atoms with van der Waals surface area (Å²) in [6, 6.07) is 37.7. The number of rotatable bonds is 4. The van der Waals surface area contributed by atoms with Crippen LogP contribution in [0.5, 0.6) is 0 Å². The van der Waals surface area contributed by atoms with Gasteiger partial charge in [-0.1, -0.05) is 124 Å². The Morgan fingerprint density at radius 2 is 1.35 bits per heavy atom. The largest absolute Gasteiger partial charge is 0.495 e. The number of aliphatic imine (C=N–C) groups is 1. The Hall–Kier alpha value is -3.63. The standard InChI is InChI=1S/C30H29NO2Si/c1-30(2,3)34(25-18-11-6-12-19-25)28-26(24-16-9-5-10-17-24)20-13-21-27(28)31-29(33-34)32-22-23-14-7-4-8-15-23/h4-21H,22H2,1-3H3. The van der Waals surface area contributed by atoms with Crippen molar-refractivity contribution in [3.05, 3.63) is 115 Å². The smallest absolute Gasteiger partial charge is 0.375 e. The molecule has 0 N–H and O–H groups in total. The SMILES string of the molecule is CC(C)(C)[Si]1(c2ccccc2)OC(OCc2ccccc2)=Nc2cccc(-c3ccccc3)c21. The Morgan fingerprint density at radius 1 is 0.735 bits per heavy atom. The summed E-state index contributed by atoms with van der Waals surface area (Å²) in [7, 11) is -2.87. The predicted molar refractivity (Wildman–Crippen MR) is 142 cm³/mol. The lowest BCUT2D eigenvalue weighted by Crippen LogP contribution is -2.69. The van der Waals surface area contributed by atoms with E-state index in [1.807, 2.05) is 18.2 Å². The molecule has 0 amide bonds. The molecule has 0 saturated carbocycles. The molecule has 1 aliphatic rings. The minimum atomic E-state index is -2.87. The van der Waals surface area contributed by atoms with Gasteiger partial charge < -0.3 is 9.16 Å². The fraction of sp³-hybridized carbons (Fsp3) is 0.167. The van der Waals surface area contributed by atoms with Crippen LogP contribution in [-0.4, -0.2) is 14.4 Å². The number of hydrogen-bond acceptors (Lipinski definition) is 3. The molecule has 1 atom stereocenters. The summed E-state index contributed by atoms with van der Waals surface area (Å²) in [5.74, 6) is 0. The van der Waals surface area contributed by atoms with Gasteiger partial charge in [0.05, 0.1) is 5.69 Å². The summed E-state index contributed by atoms with van der Waals surface area (Å²) in [6.07, 6.45) is 0.354. The van der Waals surface area contributed by atoms with Gasteiger partial charge in [0.15, 0.2) is 0 Å². The summed E-state index contributed by atoms with van der Waals surface area (Å²) in [5, 5.41) is 2.24. The van der Waals surface area contributed by atoms with E-state index in [4.69, 9.17) is 14.2 Å². The summed E-state index contributed by atoms with van der Waals surface area (Å²) in [4.78, 5) is 4.89. The molecule has 0 radical (unpaired) electrons. The second kappa shape index (κ2) is 8.96. The van der Waals surface area contributed by atoms with Crippen LogP contribution >= 0.6 is 0 Å². The van der Waals surface area contributed by atoms with E-state index < -0.39 is 8.32 Å². The molecule has 0 fully saturated rings. The Labute approximate surface area is 202 Å². The lowest BCUT2D eigenvalue weighted by molar-refractivity contribution is 0.219. The molecule has 4 heteroatoms. The third-order valence-electron chi connectivity index (χ3n) is 6.37. The minimum Gasteiger partial charge on any atom is -0.495 e. The van der Waals surface area contributed by atoms with Gasteiger partial charge in [0, 0.05) is 10.2 Å². The molecule has 4 aromatic rings. The highest BCUT2D eigenvalue weighted by Gasteiger charge is 2.57. The van der Waals surface area contributed by atoms with E-state index in [0.717, 1.165) is 11.3 Å². The van der Waals surface area contributed by atoms with Gasteiger partial charge in [-0.15, -0.1) is 0 Å². The molecule has 5 rings (SSSR count). The van der Waals surface area contributed by atoms with Gasteiger partial charge >= 0.3 is 14.4 Å². The van der Waals surface area contributed by atoms with Crippen LogP contribution in [0.4, 0.5) is 5.69 Å². The van der Waals surface area contributed by atoms with E-state index in [1.54, 1.807) is 0 Å². The average molecular weight is 464 g/mol. The van der Waals surface area contributed by atoms with Gasteiger partial charge in [0.2, 0.25) is 0 Å². The maximum Gasteiger partial charge on any atom is 0.375 e. The quantitative estimate of drug-likeness (QED) is 0.326. The van der Waals surface area contributed by atoms with Crippen LogP contribution in [0.1, 0.15) is 26.3 Å². The normalized spacial score (nSPS) is 17.3. The van der Waals surface area contributed by atoms with Crippen molar-refractivity contribution in [1.82, 2.24) is 0 Å². The predicted octanol–water partition coefficient (Wildman–Crippen LogP) is 6.45. The van der Waals surface area contributed by atoms with Crippen LogP contribution in [0.3, 0.4) is 0 Å². The van der Waals surface area contributed by atoms with Gasteiger partial charge in [-0.3, -0.25) is 0 Å². The molecule has 1 aliphatic heterocycles. The molecule has 3 nitrogen and oxygen atoms in total. The molecule has 4 aromatic carbocycles. The van der Waals surface area contributed by atoms with Crippen molar-refractivity contribution in [3.63, 3.8) is 0 Å². The minimum absolute atomic E-state index is 0.175. The van der Waals surface area contributed by atoms with E-state index in [9.17, 15) is 0 Å². The summed E-state index contributed by atoms with van der Waals surface area (Å²) in [6.45, 7) is 7.24. The molecule has 0 aromatic heterocycles. The average Bonchev–Trinajstić information content (AvgIpc) is 2.87. The van der Waals surface area contributed by atoms with E-state index in [1.165, 1.54) is 21.5 Å². The zero-order valence-corrected chi connectivity index (χ0v) is 20.9. The summed E-state index contributed by atoms with van der Waals surface area (Å²) < 4.78 is 13.2. The maximum atomic E-state index is 7.00. The number of nitrogens with zero attached hydrogens (tertiary/aromatic N) is 1. The second-order valence-corrected chi connectivity index (χ2v) is 13.8. The first kappa shape index (κ1) is 22.2. The molecule has 1 heterocycles. The number of ether oxygens (including phenoxy) is 1. The molecule has 0 bridgehead atoms. The fourth-order valence-electron chi connectivity index (χ4n) is 4.78. The Kier molecular flexibility index (Phi) is 5.84. The fourth-order valence-corrected chi connectivity index (χ4v) is 9.35. The number of hydrogen-bond donors (Lipinski definition) is 0. The van der Waals surface area contributed by atoms with Crippen molar-refractivity contribution in [3.8, 4) is 11.1 Å². The monoisotopic (exact) mass is 463 g/mol. The van der Waals surface area contributed by atoms with Gasteiger partial charge in [-0.2, -0.15) is 4.99 Å². The molecule has 34 heavy (non-hydrogen) atoms. The van der Waals surface area contributed by atoms with E-state index in [0.29, 0.717) is 12.7 Å². The van der Waals surface area contributed by atoms with E-state index >= 15 is 0 Å². The van der Waals surface area contributed by atoms with Crippen molar-refractivity contribution >= 4 is 30.5 Å². The van der Waals surface area contributed by atoms with Crippen LogP contribution in [0.25, 0.3) is 11.1 Å². The third-order valence-corrected chi connectivity index (χ3v) is 11.3. The van der Waals surface area contributed by atoms with Gasteiger partial charge in [0.1, 0.15) is 6.61 Å². The molecular weight excluding hydrogens is 434 g/mol. The molecule has 0 aliphatic carbocycles. The first-order valence-corrected chi connectivity index (χ1v) is 13.6. The van der Waals surface area contributed by atoms with E-state index in [2.05, 4.69) is 112 Å². The molecule has 1 unspecified atom stereocenters. The van der Waals surface area contributed by atoms with Crippen LogP contribution in [0, 0.1) is 0 Å². The lowest BCUT2D eigenvalue weighted by atomic mass is 10.1. The molecular formula is C30H29NO2Si. The third kappa shape index (κ3) is 3.95. The molecule has 0 spiro atoms. The van der Waals surface area contributed by atoms with Gasteiger partial charge in [-0.25, -0.2) is 0 Å². The van der Waals surface area contributed by atoms with Crippen molar-refractivity contribution in [2.24, 2.45) is 4.99 Å². The van der Waals surface area contributed by atoms with Crippen LogP contribution < -0.4 is 10.4 Å². The highest BCUT2D eigenvalue weighted by Crippen LogP contribution is 2.43. The van der Waals surface area contributed by atoms with Gasteiger partial charge in [0.25, 0.3) is 0 Å². The van der Waals surface area contributed by atoms with Crippen molar-refractivity contribution < 1.29 is 9.16 Å². The zero-order valence-electron chi connectivity index (χ0n) is 19.9. The maximum absolute atomic E-state index is 7.00. The van der Waals surface area contributed by atoms with Crippen molar-refractivity contribution in [2.75, 3.05) is 0 Å². The first-order valence-electron chi connectivity index (χ1n) is 11.7. The molecule has 0 saturated heterocycles. The topological polar surface area (TPSA) is 30.8 Å². The van der Waals surface area contributed by atoms with Crippen LogP contribution in [0.15, 0.2) is 114 Å². The zero-order chi connectivity index (χ0) is 23.6. The second-order valence-electron chi connectivity index (χ2n) is 9.62. The summed E-state index contributed by atoms with van der Waals surface area (Å²) in [5.41, 5.74) is 4.36. The number of benzene rings is 4. The van der Waals surface area contributed by atoms with Crippen molar-refractivity contribution in [1.29, 1.82) is 0 Å².